The Morgan fingerprint density at radius 1 is 1.07 bits per heavy atom. The Morgan fingerprint density at radius 2 is 1.77 bits per heavy atom. The van der Waals surface area contributed by atoms with Crippen LogP contribution < -0.4 is 0 Å². The van der Waals surface area contributed by atoms with Gasteiger partial charge >= 0.3 is 0 Å². The van der Waals surface area contributed by atoms with Crippen molar-refractivity contribution in [3.8, 4) is 23.7 Å². The van der Waals surface area contributed by atoms with Crippen molar-refractivity contribution < 1.29 is 13.9 Å². The summed E-state index contributed by atoms with van der Waals surface area (Å²) >= 11 is 0. The number of rotatable bonds is 9. The van der Waals surface area contributed by atoms with Crippen molar-refractivity contribution in [1.29, 1.82) is 0 Å². The Kier molecular flexibility index (Phi) is 10.9. The van der Waals surface area contributed by atoms with Gasteiger partial charge < -0.3 is 13.9 Å². The summed E-state index contributed by atoms with van der Waals surface area (Å²) in [5.74, 6) is 11.7. The van der Waals surface area contributed by atoms with Crippen LogP contribution in [-0.4, -0.2) is 32.4 Å². The van der Waals surface area contributed by atoms with Gasteiger partial charge in [-0.25, -0.2) is 0 Å². The van der Waals surface area contributed by atoms with Crippen LogP contribution in [0.4, 0.5) is 0 Å². The van der Waals surface area contributed by atoms with Crippen LogP contribution in [0.2, 0.25) is 18.1 Å². The molecule has 0 N–H and O–H groups in total. The van der Waals surface area contributed by atoms with E-state index in [0.717, 1.165) is 12.8 Å². The third-order valence-corrected chi connectivity index (χ3v) is 10.3. The van der Waals surface area contributed by atoms with Crippen molar-refractivity contribution in [3.63, 3.8) is 0 Å². The maximum atomic E-state index is 6.40. The van der Waals surface area contributed by atoms with Crippen LogP contribution in [0.1, 0.15) is 87.0 Å². The van der Waals surface area contributed by atoms with Crippen LogP contribution in [0.15, 0.2) is 12.2 Å². The Hall–Kier alpha value is -1.04. The van der Waals surface area contributed by atoms with Crippen LogP contribution in [-0.2, 0) is 13.9 Å². The van der Waals surface area contributed by atoms with E-state index in [2.05, 4.69) is 83.5 Å². The van der Waals surface area contributed by atoms with Gasteiger partial charge in [0.2, 0.25) is 0 Å². The SMILES string of the molecule is CCCCCC/C=C/[C@@H]1OC(C)(C)O[C@@H]1C#CC#C[C@H](CC)O[Si](C)(C)C(C)(C)C. The first-order valence-corrected chi connectivity index (χ1v) is 14.5. The number of hydrogen-bond donors (Lipinski definition) is 0. The second kappa shape index (κ2) is 12.1. The summed E-state index contributed by atoms with van der Waals surface area (Å²) in [5.41, 5.74) is 0. The summed E-state index contributed by atoms with van der Waals surface area (Å²) < 4.78 is 18.4. The van der Waals surface area contributed by atoms with E-state index in [-0.39, 0.29) is 23.4 Å². The molecule has 1 fully saturated rings. The van der Waals surface area contributed by atoms with Gasteiger partial charge in [-0.1, -0.05) is 77.9 Å². The Bertz CT molecular complexity index is 664. The molecule has 0 aromatic rings. The van der Waals surface area contributed by atoms with E-state index in [1.165, 1.54) is 25.7 Å². The average Bonchev–Trinajstić information content (AvgIpc) is 2.93. The summed E-state index contributed by atoms with van der Waals surface area (Å²) in [4.78, 5) is 0. The molecule has 4 heteroatoms. The van der Waals surface area contributed by atoms with Crippen molar-refractivity contribution in [3.05, 3.63) is 12.2 Å². The van der Waals surface area contributed by atoms with Gasteiger partial charge in [-0.2, -0.15) is 0 Å². The monoisotopic (exact) mass is 432 g/mol. The van der Waals surface area contributed by atoms with Gasteiger partial charge in [-0.05, 0) is 63.1 Å². The lowest BCUT2D eigenvalue weighted by Crippen LogP contribution is -2.43. The van der Waals surface area contributed by atoms with E-state index in [1.54, 1.807) is 0 Å². The number of hydrogen-bond acceptors (Lipinski definition) is 3. The third-order valence-electron chi connectivity index (χ3n) is 5.80. The van der Waals surface area contributed by atoms with Crippen LogP contribution in [0, 0.1) is 23.7 Å². The molecule has 0 aromatic carbocycles. The zero-order chi connectivity index (χ0) is 22.8. The molecule has 0 unspecified atom stereocenters. The van der Waals surface area contributed by atoms with Gasteiger partial charge in [0.05, 0.1) is 0 Å². The van der Waals surface area contributed by atoms with Gasteiger partial charge in [-0.3, -0.25) is 0 Å². The molecule has 0 aromatic heterocycles. The van der Waals surface area contributed by atoms with Crippen molar-refractivity contribution in [2.24, 2.45) is 0 Å². The van der Waals surface area contributed by atoms with Gasteiger partial charge in [0.15, 0.2) is 20.2 Å². The van der Waals surface area contributed by atoms with Gasteiger partial charge in [0.25, 0.3) is 0 Å². The molecule has 3 atom stereocenters. The molecule has 1 heterocycles. The lowest BCUT2D eigenvalue weighted by atomic mass is 10.1. The summed E-state index contributed by atoms with van der Waals surface area (Å²) in [7, 11) is -1.84. The van der Waals surface area contributed by atoms with Gasteiger partial charge in [0.1, 0.15) is 12.2 Å². The summed E-state index contributed by atoms with van der Waals surface area (Å²) in [6.45, 7) is 19.5. The molecule has 3 nitrogen and oxygen atoms in total. The summed E-state index contributed by atoms with van der Waals surface area (Å²) in [6.07, 6.45) is 10.8. The number of ether oxygens (including phenoxy) is 2. The molecule has 170 valence electrons. The zero-order valence-corrected chi connectivity index (χ0v) is 21.9. The molecule has 1 rings (SSSR count). The molecule has 1 aliphatic heterocycles. The molecule has 0 radical (unpaired) electrons. The average molecular weight is 433 g/mol. The summed E-state index contributed by atoms with van der Waals surface area (Å²) in [6, 6.07) is 0. The molecular weight excluding hydrogens is 388 g/mol. The molecular formula is C26H44O3Si. The number of unbranched alkanes of at least 4 members (excludes halogenated alkanes) is 4. The fourth-order valence-corrected chi connectivity index (χ4v) is 4.22. The lowest BCUT2D eigenvalue weighted by molar-refractivity contribution is -0.138. The molecule has 30 heavy (non-hydrogen) atoms. The maximum Gasteiger partial charge on any atom is 0.193 e. The molecule has 1 saturated heterocycles. The fraction of sp³-hybridized carbons (Fsp3) is 0.769. The zero-order valence-electron chi connectivity index (χ0n) is 20.9. The normalized spacial score (nSPS) is 22.3. The first-order chi connectivity index (χ1) is 13.9. The quantitative estimate of drug-likeness (QED) is 0.173. The highest BCUT2D eigenvalue weighted by molar-refractivity contribution is 6.74. The highest BCUT2D eigenvalue weighted by Gasteiger charge is 2.39. The predicted molar refractivity (Wildman–Crippen MR) is 130 cm³/mol. The smallest absolute Gasteiger partial charge is 0.193 e. The third kappa shape index (κ3) is 9.40. The minimum absolute atomic E-state index is 0.0730. The molecule has 1 aliphatic rings. The van der Waals surface area contributed by atoms with Crippen molar-refractivity contribution in [2.45, 2.75) is 129 Å². The topological polar surface area (TPSA) is 27.7 Å². The van der Waals surface area contributed by atoms with Crippen molar-refractivity contribution in [1.82, 2.24) is 0 Å². The van der Waals surface area contributed by atoms with Crippen LogP contribution in [0.25, 0.3) is 0 Å². The second-order valence-corrected chi connectivity index (χ2v) is 14.9. The molecule has 0 spiro atoms. The van der Waals surface area contributed by atoms with Crippen molar-refractivity contribution in [2.75, 3.05) is 0 Å². The second-order valence-electron chi connectivity index (χ2n) is 10.1. The first kappa shape index (κ1) is 27.0. The van der Waals surface area contributed by atoms with Crippen LogP contribution >= 0.6 is 0 Å². The summed E-state index contributed by atoms with van der Waals surface area (Å²) in [5, 5.41) is 0.171. The van der Waals surface area contributed by atoms with E-state index >= 15 is 0 Å². The minimum Gasteiger partial charge on any atom is -0.403 e. The van der Waals surface area contributed by atoms with Crippen LogP contribution in [0.5, 0.6) is 0 Å². The standard InChI is InChI=1S/C26H44O3Si/c1-10-12-13-14-15-16-20-23-24(28-26(6,7)27-23)21-18-17-19-22(11-2)29-30(8,9)25(3,4)5/h16,20,22-24H,10-15H2,1-9H3/b20-16+/t22-,23-,24+/m0/s1. The van der Waals surface area contributed by atoms with Gasteiger partial charge in [-0.15, -0.1) is 0 Å². The molecule has 0 bridgehead atoms. The highest BCUT2D eigenvalue weighted by atomic mass is 28.4. The van der Waals surface area contributed by atoms with E-state index in [4.69, 9.17) is 13.9 Å². The Morgan fingerprint density at radius 3 is 2.37 bits per heavy atom. The predicted octanol–water partition coefficient (Wildman–Crippen LogP) is 6.84. The molecule has 0 amide bonds. The van der Waals surface area contributed by atoms with Crippen molar-refractivity contribution >= 4 is 8.32 Å². The minimum atomic E-state index is -1.84. The lowest BCUT2D eigenvalue weighted by Gasteiger charge is -2.37. The first-order valence-electron chi connectivity index (χ1n) is 11.6. The molecule has 0 aliphatic carbocycles. The largest absolute Gasteiger partial charge is 0.403 e. The number of allylic oxidation sites excluding steroid dienone is 1. The maximum absolute atomic E-state index is 6.40. The fourth-order valence-electron chi connectivity index (χ4n) is 2.93. The Balaban J connectivity index is 2.73. The van der Waals surface area contributed by atoms with Gasteiger partial charge in [0, 0.05) is 0 Å². The van der Waals surface area contributed by atoms with E-state index in [1.807, 2.05) is 13.8 Å². The highest BCUT2D eigenvalue weighted by Crippen LogP contribution is 2.37. The van der Waals surface area contributed by atoms with E-state index < -0.39 is 14.1 Å². The van der Waals surface area contributed by atoms with E-state index in [0.29, 0.717) is 0 Å². The molecule has 0 saturated carbocycles. The van der Waals surface area contributed by atoms with Crippen LogP contribution in [0.3, 0.4) is 0 Å². The van der Waals surface area contributed by atoms with E-state index in [9.17, 15) is 0 Å². The Labute approximate surface area is 187 Å².